The predicted octanol–water partition coefficient (Wildman–Crippen LogP) is 4.25. The number of aryl methyl sites for hydroxylation is 3. The van der Waals surface area contributed by atoms with Crippen LogP contribution in [0.4, 0.5) is 5.82 Å². The van der Waals surface area contributed by atoms with E-state index in [9.17, 15) is 4.79 Å². The molecule has 0 aliphatic heterocycles. The first-order valence-electron chi connectivity index (χ1n) is 8.36. The molecule has 6 heteroatoms. The van der Waals surface area contributed by atoms with Gasteiger partial charge in [-0.3, -0.25) is 4.79 Å². The summed E-state index contributed by atoms with van der Waals surface area (Å²) in [5, 5.41) is 3.43. The van der Waals surface area contributed by atoms with Crippen molar-refractivity contribution in [1.29, 1.82) is 0 Å². The molecule has 2 N–H and O–H groups in total. The van der Waals surface area contributed by atoms with Gasteiger partial charge < -0.3 is 10.3 Å². The average Bonchev–Trinajstić information content (AvgIpc) is 2.93. The summed E-state index contributed by atoms with van der Waals surface area (Å²) < 4.78 is 0. The van der Waals surface area contributed by atoms with Crippen LogP contribution in [0.15, 0.2) is 35.3 Å². The lowest BCUT2D eigenvalue weighted by Crippen LogP contribution is -2.10. The number of aromatic nitrogens is 3. The third-order valence-electron chi connectivity index (χ3n) is 4.10. The van der Waals surface area contributed by atoms with Crippen LogP contribution in [0, 0.1) is 13.8 Å². The molecular formula is C19H22N4OS. The van der Waals surface area contributed by atoms with E-state index >= 15 is 0 Å². The van der Waals surface area contributed by atoms with Gasteiger partial charge in [0.15, 0.2) is 0 Å². The Balaban J connectivity index is 1.79. The smallest absolute Gasteiger partial charge is 0.251 e. The van der Waals surface area contributed by atoms with E-state index < -0.39 is 0 Å². The molecule has 0 saturated carbocycles. The van der Waals surface area contributed by atoms with E-state index in [-0.39, 0.29) is 11.6 Å². The highest BCUT2D eigenvalue weighted by Gasteiger charge is 2.12. The van der Waals surface area contributed by atoms with Crippen LogP contribution in [-0.4, -0.2) is 15.0 Å². The molecule has 0 amide bonds. The number of pyridine rings is 1. The van der Waals surface area contributed by atoms with E-state index in [4.69, 9.17) is 0 Å². The fourth-order valence-corrected chi connectivity index (χ4v) is 3.85. The van der Waals surface area contributed by atoms with Gasteiger partial charge in [-0.25, -0.2) is 9.97 Å². The zero-order chi connectivity index (χ0) is 18.0. The van der Waals surface area contributed by atoms with Crippen molar-refractivity contribution in [1.82, 2.24) is 15.0 Å². The summed E-state index contributed by atoms with van der Waals surface area (Å²) in [6.07, 6.45) is 2.46. The van der Waals surface area contributed by atoms with Crippen LogP contribution in [0.3, 0.4) is 0 Å². The minimum absolute atomic E-state index is 0.138. The van der Waals surface area contributed by atoms with Gasteiger partial charge in [0.05, 0.1) is 6.04 Å². The van der Waals surface area contributed by atoms with Gasteiger partial charge in [-0.2, -0.15) is 0 Å². The molecule has 3 aromatic heterocycles. The molecule has 3 heterocycles. The first-order chi connectivity index (χ1) is 12.0. The molecule has 0 spiro atoms. The number of nitrogens with zero attached hydrogens (tertiary/aromatic N) is 2. The number of hydrogen-bond acceptors (Lipinski definition) is 5. The van der Waals surface area contributed by atoms with Gasteiger partial charge in [0.2, 0.25) is 0 Å². The van der Waals surface area contributed by atoms with Gasteiger partial charge >= 0.3 is 0 Å². The summed E-state index contributed by atoms with van der Waals surface area (Å²) in [5.74, 6) is 1.36. The Bertz CT molecular complexity index is 927. The lowest BCUT2D eigenvalue weighted by Gasteiger charge is -2.14. The van der Waals surface area contributed by atoms with Crippen LogP contribution in [-0.2, 0) is 6.42 Å². The van der Waals surface area contributed by atoms with Crippen LogP contribution in [0.25, 0.3) is 11.4 Å². The second kappa shape index (κ2) is 7.19. The second-order valence-electron chi connectivity index (χ2n) is 6.11. The molecule has 0 aromatic carbocycles. The lowest BCUT2D eigenvalue weighted by atomic mass is 10.1. The molecule has 1 atom stereocenters. The van der Waals surface area contributed by atoms with Crippen LogP contribution < -0.4 is 10.9 Å². The maximum absolute atomic E-state index is 11.7. The number of thiophene rings is 1. The van der Waals surface area contributed by atoms with Gasteiger partial charge in [0.25, 0.3) is 5.56 Å². The van der Waals surface area contributed by atoms with E-state index in [2.05, 4.69) is 47.1 Å². The van der Waals surface area contributed by atoms with E-state index in [0.717, 1.165) is 23.5 Å². The number of aromatic amines is 1. The molecule has 0 bridgehead atoms. The maximum Gasteiger partial charge on any atom is 0.251 e. The monoisotopic (exact) mass is 354 g/mol. The Morgan fingerprint density at radius 2 is 2.08 bits per heavy atom. The van der Waals surface area contributed by atoms with Gasteiger partial charge in [0.1, 0.15) is 11.6 Å². The van der Waals surface area contributed by atoms with Gasteiger partial charge in [-0.1, -0.05) is 6.92 Å². The predicted molar refractivity (Wildman–Crippen MR) is 103 cm³/mol. The van der Waals surface area contributed by atoms with Gasteiger partial charge in [-0.15, -0.1) is 11.3 Å². The minimum Gasteiger partial charge on any atom is -0.364 e. The van der Waals surface area contributed by atoms with Gasteiger partial charge in [-0.05, 0) is 51.0 Å². The summed E-state index contributed by atoms with van der Waals surface area (Å²) >= 11 is 1.81. The van der Waals surface area contributed by atoms with Crippen LogP contribution >= 0.6 is 11.3 Å². The highest BCUT2D eigenvalue weighted by Crippen LogP contribution is 2.28. The SMILES string of the molecule is CCc1cc(=O)[nH]c(-c2ccc(NC(C)c3cc(C)sc3C)nc2)n1. The van der Waals surface area contributed by atoms with Crippen LogP contribution in [0.5, 0.6) is 0 Å². The van der Waals surface area contributed by atoms with E-state index in [0.29, 0.717) is 5.82 Å². The molecular weight excluding hydrogens is 332 g/mol. The normalized spacial score (nSPS) is 12.2. The average molecular weight is 354 g/mol. The van der Waals surface area contributed by atoms with Crippen LogP contribution in [0.2, 0.25) is 0 Å². The number of rotatable bonds is 5. The number of hydrogen-bond donors (Lipinski definition) is 2. The highest BCUT2D eigenvalue weighted by molar-refractivity contribution is 7.12. The summed E-state index contributed by atoms with van der Waals surface area (Å²) in [5.41, 5.74) is 2.74. The Morgan fingerprint density at radius 1 is 1.28 bits per heavy atom. The molecule has 0 fully saturated rings. The largest absolute Gasteiger partial charge is 0.364 e. The van der Waals surface area contributed by atoms with Crippen molar-refractivity contribution in [3.05, 3.63) is 61.8 Å². The Morgan fingerprint density at radius 3 is 2.68 bits per heavy atom. The third-order valence-corrected chi connectivity index (χ3v) is 5.09. The first-order valence-corrected chi connectivity index (χ1v) is 9.18. The number of anilines is 1. The third kappa shape index (κ3) is 3.96. The standard InChI is InChI=1S/C19H22N4OS/c1-5-15-9-18(24)23-19(22-15)14-6-7-17(20-10-14)21-12(3)16-8-11(2)25-13(16)4/h6-10,12H,5H2,1-4H3,(H,20,21)(H,22,23,24). The van der Waals surface area contributed by atoms with Gasteiger partial charge in [0, 0.05) is 33.3 Å². The Labute approximate surface area is 151 Å². The maximum atomic E-state index is 11.7. The van der Waals surface area contributed by atoms with E-state index in [1.54, 1.807) is 6.20 Å². The highest BCUT2D eigenvalue weighted by atomic mass is 32.1. The molecule has 0 aliphatic carbocycles. The van der Waals surface area contributed by atoms with Crippen molar-refractivity contribution in [2.75, 3.05) is 5.32 Å². The number of H-pyrrole nitrogens is 1. The van der Waals surface area contributed by atoms with Crippen molar-refractivity contribution in [2.24, 2.45) is 0 Å². The van der Waals surface area contributed by atoms with E-state index in [1.165, 1.54) is 21.4 Å². The molecule has 0 saturated heterocycles. The Hall–Kier alpha value is -2.47. The quantitative estimate of drug-likeness (QED) is 0.719. The van der Waals surface area contributed by atoms with Crippen molar-refractivity contribution in [3.63, 3.8) is 0 Å². The topological polar surface area (TPSA) is 70.7 Å². The van der Waals surface area contributed by atoms with Crippen molar-refractivity contribution in [3.8, 4) is 11.4 Å². The molecule has 0 aliphatic rings. The lowest BCUT2D eigenvalue weighted by molar-refractivity contribution is 0.872. The molecule has 25 heavy (non-hydrogen) atoms. The second-order valence-corrected chi connectivity index (χ2v) is 7.57. The number of nitrogens with one attached hydrogen (secondary N) is 2. The zero-order valence-electron chi connectivity index (χ0n) is 14.9. The van der Waals surface area contributed by atoms with Crippen LogP contribution in [0.1, 0.15) is 40.9 Å². The first kappa shape index (κ1) is 17.4. The fourth-order valence-electron chi connectivity index (χ4n) is 2.83. The fraction of sp³-hybridized carbons (Fsp3) is 0.316. The molecule has 3 rings (SSSR count). The van der Waals surface area contributed by atoms with E-state index in [1.807, 2.05) is 30.4 Å². The molecule has 5 nitrogen and oxygen atoms in total. The zero-order valence-corrected chi connectivity index (χ0v) is 15.7. The summed E-state index contributed by atoms with van der Waals surface area (Å²) in [6.45, 7) is 8.38. The molecule has 130 valence electrons. The van der Waals surface area contributed by atoms with Crippen molar-refractivity contribution in [2.45, 2.75) is 40.2 Å². The van der Waals surface area contributed by atoms with Crippen molar-refractivity contribution < 1.29 is 0 Å². The summed E-state index contributed by atoms with van der Waals surface area (Å²) in [4.78, 5) is 26.1. The molecule has 3 aromatic rings. The summed E-state index contributed by atoms with van der Waals surface area (Å²) in [6, 6.07) is 7.77. The molecule has 1 unspecified atom stereocenters. The van der Waals surface area contributed by atoms with Crippen molar-refractivity contribution >= 4 is 17.2 Å². The summed E-state index contributed by atoms with van der Waals surface area (Å²) in [7, 11) is 0. The Kier molecular flexibility index (Phi) is 4.99. The minimum atomic E-state index is -0.138. The molecule has 0 radical (unpaired) electrons.